The first-order valence-corrected chi connectivity index (χ1v) is 11.8. The van der Waals surface area contributed by atoms with Crippen LogP contribution >= 0.6 is 0 Å². The standard InChI is InChI=1S/C26H36O5/c1-15(14-27)21-8-9-22-20-7-6-18-12-19(30-16(2)28)13-24(31-17(3)29)26(18,5)23(20)10-11-25(21,22)4/h6-7,14-15,19,21-24H,8-13H2,1-5H3/t15?,19-,21-,22+,23+,24+,25-,26+/m1/s1. The Hall–Kier alpha value is -1.91. The molecule has 0 aromatic carbocycles. The molecule has 0 aromatic rings. The number of ether oxygens (including phenoxy) is 2. The summed E-state index contributed by atoms with van der Waals surface area (Å²) in [4.78, 5) is 35.2. The Labute approximate surface area is 185 Å². The summed E-state index contributed by atoms with van der Waals surface area (Å²) < 4.78 is 11.4. The number of carbonyl (C=O) groups is 3. The molecule has 4 aliphatic carbocycles. The largest absolute Gasteiger partial charge is 0.462 e. The molecular formula is C26H36O5. The SMILES string of the molecule is CC(=O)O[C@@H]1CC2=CC=C3[C@@H]4CC[C@H](C(C)C=O)[C@@]4(C)CC[C@@H]3[C@@]2(C)[C@@H](OC(C)=O)C1. The first kappa shape index (κ1) is 22.3. The van der Waals surface area contributed by atoms with Crippen molar-refractivity contribution in [1.82, 2.24) is 0 Å². The Kier molecular flexibility index (Phi) is 5.68. The highest BCUT2D eigenvalue weighted by atomic mass is 16.6. The molecule has 0 N–H and O–H groups in total. The number of carbonyl (C=O) groups excluding carboxylic acids is 3. The molecule has 8 atom stereocenters. The maximum atomic E-state index is 12.0. The molecule has 0 bridgehead atoms. The third kappa shape index (κ3) is 3.48. The number of aldehydes is 1. The van der Waals surface area contributed by atoms with Gasteiger partial charge in [-0.05, 0) is 48.9 Å². The van der Waals surface area contributed by atoms with Crippen LogP contribution in [0.4, 0.5) is 0 Å². The molecule has 4 aliphatic rings. The fraction of sp³-hybridized carbons (Fsp3) is 0.731. The van der Waals surface area contributed by atoms with E-state index in [1.54, 1.807) is 0 Å². The van der Waals surface area contributed by atoms with Gasteiger partial charge >= 0.3 is 11.9 Å². The number of rotatable bonds is 4. The van der Waals surface area contributed by atoms with Crippen LogP contribution in [0.25, 0.3) is 0 Å². The minimum atomic E-state index is -0.307. The van der Waals surface area contributed by atoms with E-state index in [-0.39, 0.29) is 40.9 Å². The van der Waals surface area contributed by atoms with Crippen molar-refractivity contribution in [2.24, 2.45) is 34.5 Å². The zero-order chi connectivity index (χ0) is 22.6. The van der Waals surface area contributed by atoms with E-state index in [1.165, 1.54) is 25.0 Å². The highest BCUT2D eigenvalue weighted by Gasteiger charge is 2.60. The van der Waals surface area contributed by atoms with Crippen LogP contribution in [0.15, 0.2) is 23.3 Å². The molecule has 0 heterocycles. The van der Waals surface area contributed by atoms with Crippen LogP contribution in [0.5, 0.6) is 0 Å². The van der Waals surface area contributed by atoms with Gasteiger partial charge in [0.05, 0.1) is 0 Å². The molecule has 31 heavy (non-hydrogen) atoms. The van der Waals surface area contributed by atoms with Gasteiger partial charge in [-0.2, -0.15) is 0 Å². The van der Waals surface area contributed by atoms with Crippen LogP contribution in [0.1, 0.15) is 73.1 Å². The Morgan fingerprint density at radius 2 is 1.77 bits per heavy atom. The molecule has 4 rings (SSSR count). The lowest BCUT2D eigenvalue weighted by atomic mass is 9.49. The Bertz CT molecular complexity index is 841. The Morgan fingerprint density at radius 1 is 1.06 bits per heavy atom. The Morgan fingerprint density at radius 3 is 2.42 bits per heavy atom. The van der Waals surface area contributed by atoms with Gasteiger partial charge in [-0.25, -0.2) is 0 Å². The predicted molar refractivity (Wildman–Crippen MR) is 117 cm³/mol. The summed E-state index contributed by atoms with van der Waals surface area (Å²) in [6.07, 6.45) is 10.7. The molecule has 1 unspecified atom stereocenters. The van der Waals surface area contributed by atoms with Crippen LogP contribution in [0.2, 0.25) is 0 Å². The zero-order valence-corrected chi connectivity index (χ0v) is 19.5. The monoisotopic (exact) mass is 428 g/mol. The van der Waals surface area contributed by atoms with Gasteiger partial charge in [0.15, 0.2) is 0 Å². The van der Waals surface area contributed by atoms with E-state index in [4.69, 9.17) is 9.47 Å². The number of fused-ring (bicyclic) bond motifs is 5. The average molecular weight is 429 g/mol. The van der Waals surface area contributed by atoms with E-state index >= 15 is 0 Å². The zero-order valence-electron chi connectivity index (χ0n) is 19.5. The smallest absolute Gasteiger partial charge is 0.302 e. The molecule has 3 saturated carbocycles. The second-order valence-electron chi connectivity index (χ2n) is 10.7. The lowest BCUT2D eigenvalue weighted by molar-refractivity contribution is -0.165. The molecule has 5 nitrogen and oxygen atoms in total. The predicted octanol–water partition coefficient (Wildman–Crippen LogP) is 4.79. The third-order valence-electron chi connectivity index (χ3n) is 9.16. The van der Waals surface area contributed by atoms with Crippen molar-refractivity contribution in [3.05, 3.63) is 23.3 Å². The summed E-state index contributed by atoms with van der Waals surface area (Å²) in [6, 6.07) is 0. The maximum absolute atomic E-state index is 12.0. The summed E-state index contributed by atoms with van der Waals surface area (Å²) in [5, 5.41) is 0. The Balaban J connectivity index is 1.70. The fourth-order valence-electron chi connectivity index (χ4n) is 7.70. The topological polar surface area (TPSA) is 69.7 Å². The van der Waals surface area contributed by atoms with Crippen molar-refractivity contribution in [3.63, 3.8) is 0 Å². The molecule has 3 fully saturated rings. The van der Waals surface area contributed by atoms with Crippen LogP contribution in [-0.2, 0) is 23.9 Å². The van der Waals surface area contributed by atoms with Gasteiger partial charge in [0, 0.05) is 38.0 Å². The van der Waals surface area contributed by atoms with E-state index in [0.29, 0.717) is 30.6 Å². The van der Waals surface area contributed by atoms with Gasteiger partial charge in [0.1, 0.15) is 18.5 Å². The van der Waals surface area contributed by atoms with E-state index < -0.39 is 0 Å². The van der Waals surface area contributed by atoms with Crippen LogP contribution in [0, 0.1) is 34.5 Å². The summed E-state index contributed by atoms with van der Waals surface area (Å²) >= 11 is 0. The van der Waals surface area contributed by atoms with Gasteiger partial charge in [-0.3, -0.25) is 9.59 Å². The summed E-state index contributed by atoms with van der Waals surface area (Å²) in [6.45, 7) is 9.59. The van der Waals surface area contributed by atoms with Crippen molar-refractivity contribution in [1.29, 1.82) is 0 Å². The van der Waals surface area contributed by atoms with Crippen molar-refractivity contribution in [2.45, 2.75) is 85.4 Å². The van der Waals surface area contributed by atoms with E-state index in [0.717, 1.165) is 32.0 Å². The summed E-state index contributed by atoms with van der Waals surface area (Å²) in [5.74, 6) is 0.726. The molecule has 0 amide bonds. The first-order chi connectivity index (χ1) is 14.6. The van der Waals surface area contributed by atoms with Gasteiger partial charge in [-0.1, -0.05) is 44.1 Å². The molecule has 0 saturated heterocycles. The maximum Gasteiger partial charge on any atom is 0.302 e. The van der Waals surface area contributed by atoms with Crippen LogP contribution < -0.4 is 0 Å². The molecule has 0 spiro atoms. The molecule has 5 heteroatoms. The second kappa shape index (κ2) is 7.90. The van der Waals surface area contributed by atoms with Crippen LogP contribution in [0.3, 0.4) is 0 Å². The number of esters is 2. The normalized spacial score (nSPS) is 42.2. The third-order valence-corrected chi connectivity index (χ3v) is 9.16. The van der Waals surface area contributed by atoms with E-state index in [1.807, 2.05) is 0 Å². The van der Waals surface area contributed by atoms with Gasteiger partial charge in [0.25, 0.3) is 0 Å². The van der Waals surface area contributed by atoms with Crippen molar-refractivity contribution in [2.75, 3.05) is 0 Å². The van der Waals surface area contributed by atoms with E-state index in [2.05, 4.69) is 32.9 Å². The minimum Gasteiger partial charge on any atom is -0.462 e. The minimum absolute atomic E-state index is 0.0883. The first-order valence-electron chi connectivity index (χ1n) is 11.8. The quantitative estimate of drug-likeness (QED) is 0.475. The molecule has 170 valence electrons. The molecule has 0 radical (unpaired) electrons. The fourth-order valence-corrected chi connectivity index (χ4v) is 7.70. The highest BCUT2D eigenvalue weighted by Crippen LogP contribution is 2.66. The summed E-state index contributed by atoms with van der Waals surface area (Å²) in [5.41, 5.74) is 2.58. The number of allylic oxidation sites excluding steroid dienone is 3. The van der Waals surface area contributed by atoms with Crippen LogP contribution in [-0.4, -0.2) is 30.4 Å². The van der Waals surface area contributed by atoms with Crippen molar-refractivity contribution < 1.29 is 23.9 Å². The van der Waals surface area contributed by atoms with E-state index in [9.17, 15) is 14.4 Å². The lowest BCUT2D eigenvalue weighted by Crippen LogP contribution is -2.54. The molecule has 0 aromatic heterocycles. The van der Waals surface area contributed by atoms with Crippen molar-refractivity contribution in [3.8, 4) is 0 Å². The summed E-state index contributed by atoms with van der Waals surface area (Å²) in [7, 11) is 0. The number of hydrogen-bond donors (Lipinski definition) is 0. The van der Waals surface area contributed by atoms with Gasteiger partial charge in [-0.15, -0.1) is 0 Å². The highest BCUT2D eigenvalue weighted by molar-refractivity contribution is 5.67. The molecule has 0 aliphatic heterocycles. The lowest BCUT2D eigenvalue weighted by Gasteiger charge is -2.57. The van der Waals surface area contributed by atoms with Gasteiger partial charge < -0.3 is 14.3 Å². The van der Waals surface area contributed by atoms with Gasteiger partial charge in [0.2, 0.25) is 0 Å². The number of hydrogen-bond acceptors (Lipinski definition) is 5. The second-order valence-corrected chi connectivity index (χ2v) is 10.7. The average Bonchev–Trinajstić information content (AvgIpc) is 3.04. The molecular weight excluding hydrogens is 392 g/mol. The van der Waals surface area contributed by atoms with Crippen molar-refractivity contribution >= 4 is 18.2 Å².